The Bertz CT molecular complexity index is 404. The van der Waals surface area contributed by atoms with E-state index in [1.807, 2.05) is 0 Å². The molecule has 0 aromatic rings. The van der Waals surface area contributed by atoms with Gasteiger partial charge in [0.15, 0.2) is 0 Å². The Hall–Kier alpha value is -0.880. The second-order valence-corrected chi connectivity index (χ2v) is 6.85. The summed E-state index contributed by atoms with van der Waals surface area (Å²) in [5.41, 5.74) is 0. The maximum Gasteiger partial charge on any atom is 0.220 e. The number of carbonyl (C=O) groups excluding carboxylic acids is 1. The van der Waals surface area contributed by atoms with E-state index in [1.165, 1.54) is 10.6 Å². The topological polar surface area (TPSA) is 66.5 Å². The summed E-state index contributed by atoms with van der Waals surface area (Å²) in [7, 11) is -1.57. The summed E-state index contributed by atoms with van der Waals surface area (Å²) in [6.07, 6.45) is 8.68. The number of allylic oxidation sites excluding steroid dienone is 2. The van der Waals surface area contributed by atoms with Crippen LogP contribution in [0.3, 0.4) is 0 Å². The van der Waals surface area contributed by atoms with Gasteiger partial charge in [0.2, 0.25) is 15.9 Å². The maximum atomic E-state index is 11.6. The molecule has 18 heavy (non-hydrogen) atoms. The van der Waals surface area contributed by atoms with Crippen LogP contribution in [0.25, 0.3) is 0 Å². The second-order valence-electron chi connectivity index (χ2n) is 4.76. The zero-order chi connectivity index (χ0) is 13.6. The van der Waals surface area contributed by atoms with Crippen LogP contribution in [0, 0.1) is 5.92 Å². The molecule has 0 fully saturated rings. The van der Waals surface area contributed by atoms with Gasteiger partial charge in [-0.15, -0.1) is 0 Å². The van der Waals surface area contributed by atoms with Crippen molar-refractivity contribution in [1.29, 1.82) is 0 Å². The predicted octanol–water partition coefficient (Wildman–Crippen LogP) is 0.740. The van der Waals surface area contributed by atoms with Gasteiger partial charge in [0.05, 0.1) is 6.26 Å². The number of rotatable bonds is 7. The van der Waals surface area contributed by atoms with Crippen molar-refractivity contribution in [1.82, 2.24) is 9.62 Å². The zero-order valence-electron chi connectivity index (χ0n) is 11.1. The Kier molecular flexibility index (Phi) is 5.81. The van der Waals surface area contributed by atoms with Crippen LogP contribution >= 0.6 is 0 Å². The summed E-state index contributed by atoms with van der Waals surface area (Å²) in [6, 6.07) is 0. The lowest BCUT2D eigenvalue weighted by molar-refractivity contribution is -0.121. The van der Waals surface area contributed by atoms with Crippen LogP contribution in [0.4, 0.5) is 0 Å². The minimum atomic E-state index is -3.11. The van der Waals surface area contributed by atoms with Crippen LogP contribution < -0.4 is 5.32 Å². The fraction of sp³-hybridized carbons (Fsp3) is 0.750. The standard InChI is InChI=1S/C12H22N2O3S/c1-14(18(2,16)17)9-5-8-13-12(15)10-11-6-3-4-7-11/h3,6,11H,4-5,7-10H2,1-2H3,(H,13,15). The average molecular weight is 274 g/mol. The number of sulfonamides is 1. The van der Waals surface area contributed by atoms with Crippen molar-refractivity contribution in [2.24, 2.45) is 5.92 Å². The largest absolute Gasteiger partial charge is 0.356 e. The van der Waals surface area contributed by atoms with Crippen molar-refractivity contribution in [3.63, 3.8) is 0 Å². The fourth-order valence-electron chi connectivity index (χ4n) is 1.87. The molecule has 1 unspecified atom stereocenters. The number of nitrogens with zero attached hydrogens (tertiary/aromatic N) is 1. The molecule has 104 valence electrons. The molecule has 1 amide bonds. The average Bonchev–Trinajstić information content (AvgIpc) is 2.75. The first-order valence-corrected chi connectivity index (χ1v) is 8.09. The molecule has 1 rings (SSSR count). The molecule has 1 atom stereocenters. The van der Waals surface area contributed by atoms with Gasteiger partial charge >= 0.3 is 0 Å². The molecule has 0 bridgehead atoms. The summed E-state index contributed by atoms with van der Waals surface area (Å²) in [4.78, 5) is 11.6. The zero-order valence-corrected chi connectivity index (χ0v) is 11.9. The van der Waals surface area contributed by atoms with Gasteiger partial charge in [-0.05, 0) is 25.2 Å². The Labute approximate surface area is 109 Å². The van der Waals surface area contributed by atoms with Gasteiger partial charge in [0.1, 0.15) is 0 Å². The molecule has 1 aliphatic rings. The molecule has 0 saturated carbocycles. The summed E-state index contributed by atoms with van der Waals surface area (Å²) in [5, 5.41) is 2.82. The van der Waals surface area contributed by atoms with Crippen molar-refractivity contribution < 1.29 is 13.2 Å². The van der Waals surface area contributed by atoms with Gasteiger partial charge in [0.25, 0.3) is 0 Å². The molecular formula is C12H22N2O3S. The van der Waals surface area contributed by atoms with E-state index in [2.05, 4.69) is 17.5 Å². The number of hydrogen-bond donors (Lipinski definition) is 1. The minimum absolute atomic E-state index is 0.0496. The van der Waals surface area contributed by atoms with Gasteiger partial charge in [-0.2, -0.15) is 0 Å². The Morgan fingerprint density at radius 3 is 2.78 bits per heavy atom. The molecule has 0 heterocycles. The Morgan fingerprint density at radius 2 is 2.22 bits per heavy atom. The van der Waals surface area contributed by atoms with Crippen molar-refractivity contribution >= 4 is 15.9 Å². The molecule has 0 saturated heterocycles. The van der Waals surface area contributed by atoms with Crippen molar-refractivity contribution in [2.75, 3.05) is 26.4 Å². The Balaban J connectivity index is 2.10. The maximum absolute atomic E-state index is 11.6. The van der Waals surface area contributed by atoms with E-state index < -0.39 is 10.0 Å². The molecule has 1 N–H and O–H groups in total. The van der Waals surface area contributed by atoms with Crippen LogP contribution in [0.2, 0.25) is 0 Å². The highest BCUT2D eigenvalue weighted by atomic mass is 32.2. The highest BCUT2D eigenvalue weighted by Crippen LogP contribution is 2.19. The number of hydrogen-bond acceptors (Lipinski definition) is 3. The number of nitrogens with one attached hydrogen (secondary N) is 1. The van der Waals surface area contributed by atoms with E-state index in [9.17, 15) is 13.2 Å². The molecule has 0 spiro atoms. The van der Waals surface area contributed by atoms with Crippen molar-refractivity contribution in [3.05, 3.63) is 12.2 Å². The van der Waals surface area contributed by atoms with Gasteiger partial charge in [-0.3, -0.25) is 4.79 Å². The summed E-state index contributed by atoms with van der Waals surface area (Å²) in [6.45, 7) is 0.956. The second kappa shape index (κ2) is 6.89. The monoisotopic (exact) mass is 274 g/mol. The van der Waals surface area contributed by atoms with Crippen LogP contribution in [0.1, 0.15) is 25.7 Å². The SMILES string of the molecule is CN(CCCNC(=O)CC1C=CCC1)S(C)(=O)=O. The molecular weight excluding hydrogens is 252 g/mol. The third-order valence-corrected chi connectivity index (χ3v) is 4.41. The van der Waals surface area contributed by atoms with Crippen LogP contribution in [0.15, 0.2) is 12.2 Å². The Morgan fingerprint density at radius 1 is 1.50 bits per heavy atom. The van der Waals surface area contributed by atoms with E-state index in [0.717, 1.165) is 12.8 Å². The summed E-state index contributed by atoms with van der Waals surface area (Å²) < 4.78 is 23.5. The molecule has 5 nitrogen and oxygen atoms in total. The lowest BCUT2D eigenvalue weighted by Gasteiger charge is -2.14. The molecule has 0 radical (unpaired) electrons. The van der Waals surface area contributed by atoms with E-state index in [0.29, 0.717) is 31.8 Å². The lowest BCUT2D eigenvalue weighted by Crippen LogP contribution is -2.31. The van der Waals surface area contributed by atoms with Crippen LogP contribution in [0.5, 0.6) is 0 Å². The van der Waals surface area contributed by atoms with E-state index in [-0.39, 0.29) is 5.91 Å². The predicted molar refractivity (Wildman–Crippen MR) is 71.6 cm³/mol. The van der Waals surface area contributed by atoms with E-state index >= 15 is 0 Å². The minimum Gasteiger partial charge on any atom is -0.356 e. The lowest BCUT2D eigenvalue weighted by atomic mass is 10.1. The van der Waals surface area contributed by atoms with Gasteiger partial charge < -0.3 is 5.32 Å². The molecule has 0 aromatic carbocycles. The molecule has 0 aliphatic heterocycles. The van der Waals surface area contributed by atoms with Gasteiger partial charge in [-0.25, -0.2) is 12.7 Å². The number of amides is 1. The van der Waals surface area contributed by atoms with E-state index in [4.69, 9.17) is 0 Å². The first-order chi connectivity index (χ1) is 8.39. The first-order valence-electron chi connectivity index (χ1n) is 6.24. The quantitative estimate of drug-likeness (QED) is 0.550. The van der Waals surface area contributed by atoms with Gasteiger partial charge in [-0.1, -0.05) is 12.2 Å². The highest BCUT2D eigenvalue weighted by molar-refractivity contribution is 7.88. The molecule has 1 aliphatic carbocycles. The summed E-state index contributed by atoms with van der Waals surface area (Å²) in [5.74, 6) is 0.428. The highest BCUT2D eigenvalue weighted by Gasteiger charge is 2.14. The molecule has 0 aromatic heterocycles. The van der Waals surface area contributed by atoms with Crippen molar-refractivity contribution in [3.8, 4) is 0 Å². The van der Waals surface area contributed by atoms with E-state index in [1.54, 1.807) is 7.05 Å². The number of carbonyl (C=O) groups is 1. The third kappa shape index (κ3) is 5.64. The smallest absolute Gasteiger partial charge is 0.220 e. The molecule has 6 heteroatoms. The summed E-state index contributed by atoms with van der Waals surface area (Å²) >= 11 is 0. The first kappa shape index (κ1) is 15.2. The fourth-order valence-corrected chi connectivity index (χ4v) is 2.33. The van der Waals surface area contributed by atoms with Crippen LogP contribution in [-0.2, 0) is 14.8 Å². The third-order valence-electron chi connectivity index (χ3n) is 3.10. The normalized spacial score (nSPS) is 19.4. The van der Waals surface area contributed by atoms with Gasteiger partial charge in [0, 0.05) is 26.6 Å². The van der Waals surface area contributed by atoms with Crippen molar-refractivity contribution in [2.45, 2.75) is 25.7 Å². The van der Waals surface area contributed by atoms with Crippen LogP contribution in [-0.4, -0.2) is 45.0 Å².